The monoisotopic (exact) mass is 395 g/mol. The van der Waals surface area contributed by atoms with E-state index in [4.69, 9.17) is 4.74 Å². The minimum absolute atomic E-state index is 0.215. The number of hydrogen-bond acceptors (Lipinski definition) is 5. The number of ether oxygens (including phenoxy) is 1. The predicted molar refractivity (Wildman–Crippen MR) is 100.0 cm³/mol. The number of benzene rings is 1. The summed E-state index contributed by atoms with van der Waals surface area (Å²) in [5, 5.41) is 2.75. The van der Waals surface area contributed by atoms with Crippen LogP contribution in [0, 0.1) is 0 Å². The molecule has 2 aliphatic rings. The van der Waals surface area contributed by atoms with Crippen LogP contribution < -0.4 is 10.2 Å². The van der Waals surface area contributed by atoms with E-state index in [0.29, 0.717) is 37.5 Å². The molecular weight excluding hydrogens is 370 g/mol. The van der Waals surface area contributed by atoms with E-state index in [2.05, 4.69) is 5.32 Å². The van der Waals surface area contributed by atoms with E-state index in [1.54, 1.807) is 19.2 Å². The Kier molecular flexibility index (Phi) is 5.83. The zero-order chi connectivity index (χ0) is 19.6. The summed E-state index contributed by atoms with van der Waals surface area (Å²) in [5.74, 6) is -0.529. The van der Waals surface area contributed by atoms with Gasteiger partial charge in [-0.2, -0.15) is 4.31 Å². The quantitative estimate of drug-likeness (QED) is 0.708. The van der Waals surface area contributed by atoms with Gasteiger partial charge in [-0.15, -0.1) is 0 Å². The molecule has 1 fully saturated rings. The molecule has 0 bridgehead atoms. The van der Waals surface area contributed by atoms with Crippen LogP contribution in [0.2, 0.25) is 0 Å². The average Bonchev–Trinajstić information content (AvgIpc) is 3.29. The number of carbonyl (C=O) groups is 2. The van der Waals surface area contributed by atoms with Crippen molar-refractivity contribution in [1.82, 2.24) is 9.62 Å². The first-order valence-electron chi connectivity index (χ1n) is 9.06. The summed E-state index contributed by atoms with van der Waals surface area (Å²) in [6.45, 7) is 3.19. The molecule has 1 aromatic rings. The Hall–Kier alpha value is -1.97. The van der Waals surface area contributed by atoms with Crippen molar-refractivity contribution in [3.05, 3.63) is 23.8 Å². The van der Waals surface area contributed by atoms with Gasteiger partial charge in [0.15, 0.2) is 0 Å². The molecule has 8 nitrogen and oxygen atoms in total. The molecule has 2 amide bonds. The summed E-state index contributed by atoms with van der Waals surface area (Å²) >= 11 is 0. The van der Waals surface area contributed by atoms with E-state index in [1.807, 2.05) is 0 Å². The van der Waals surface area contributed by atoms with Crippen LogP contribution in [-0.4, -0.2) is 63.9 Å². The van der Waals surface area contributed by atoms with Gasteiger partial charge in [0.05, 0.1) is 11.5 Å². The fraction of sp³-hybridized carbons (Fsp3) is 0.556. The number of amides is 2. The van der Waals surface area contributed by atoms with Crippen molar-refractivity contribution in [2.45, 2.75) is 37.1 Å². The molecule has 1 aromatic carbocycles. The van der Waals surface area contributed by atoms with Crippen LogP contribution in [0.1, 0.15) is 25.3 Å². The number of nitrogens with one attached hydrogen (secondary N) is 1. The Bertz CT molecular complexity index is 833. The van der Waals surface area contributed by atoms with Gasteiger partial charge in [0.1, 0.15) is 6.04 Å². The highest BCUT2D eigenvalue weighted by Gasteiger charge is 2.38. The Balaban J connectivity index is 1.86. The maximum absolute atomic E-state index is 12.8. The molecule has 0 radical (unpaired) electrons. The number of rotatable bonds is 6. The maximum atomic E-state index is 12.8. The number of carbonyl (C=O) groups excluding carboxylic acids is 2. The molecule has 1 atom stereocenters. The number of methoxy groups -OCH3 is 1. The van der Waals surface area contributed by atoms with Gasteiger partial charge in [-0.05, 0) is 36.6 Å². The van der Waals surface area contributed by atoms with Gasteiger partial charge in [0.25, 0.3) is 0 Å². The first kappa shape index (κ1) is 19.8. The van der Waals surface area contributed by atoms with Crippen LogP contribution in [0.15, 0.2) is 23.1 Å². The van der Waals surface area contributed by atoms with Crippen molar-refractivity contribution < 1.29 is 22.7 Å². The van der Waals surface area contributed by atoms with Crippen LogP contribution in [0.25, 0.3) is 0 Å². The highest BCUT2D eigenvalue weighted by atomic mass is 32.2. The standard InChI is InChI=1S/C18H25N3O5S/c1-13(22)21-16-6-5-15(27(24,25)20-8-3-4-9-20)11-14(16)12-17(21)18(23)19-7-10-26-2/h5-6,11,17H,3-4,7-10,12H2,1-2H3,(H,19,23)/t17-/m0/s1. The van der Waals surface area contributed by atoms with E-state index in [9.17, 15) is 18.0 Å². The van der Waals surface area contributed by atoms with E-state index < -0.39 is 16.1 Å². The van der Waals surface area contributed by atoms with Crippen molar-refractivity contribution >= 4 is 27.5 Å². The fourth-order valence-corrected chi connectivity index (χ4v) is 5.23. The third-order valence-corrected chi connectivity index (χ3v) is 6.88. The van der Waals surface area contributed by atoms with Crippen LogP contribution in [0.3, 0.4) is 0 Å². The SMILES string of the molecule is COCCNC(=O)[C@@H]1Cc2cc(S(=O)(=O)N3CCCC3)ccc2N1C(C)=O. The van der Waals surface area contributed by atoms with E-state index >= 15 is 0 Å². The smallest absolute Gasteiger partial charge is 0.243 e. The lowest BCUT2D eigenvalue weighted by molar-refractivity contribution is -0.125. The lowest BCUT2D eigenvalue weighted by atomic mass is 10.1. The van der Waals surface area contributed by atoms with Crippen LogP contribution in [0.5, 0.6) is 0 Å². The zero-order valence-corrected chi connectivity index (χ0v) is 16.4. The number of anilines is 1. The molecule has 0 saturated carbocycles. The predicted octanol–water partition coefficient (Wildman–Crippen LogP) is 0.511. The third-order valence-electron chi connectivity index (χ3n) is 4.99. The largest absolute Gasteiger partial charge is 0.383 e. The second-order valence-corrected chi connectivity index (χ2v) is 8.73. The lowest BCUT2D eigenvalue weighted by Gasteiger charge is -2.23. The summed E-state index contributed by atoms with van der Waals surface area (Å²) < 4.78 is 32.0. The highest BCUT2D eigenvalue weighted by molar-refractivity contribution is 7.89. The molecule has 1 saturated heterocycles. The molecule has 0 spiro atoms. The minimum atomic E-state index is -3.54. The van der Waals surface area contributed by atoms with Crippen molar-refractivity contribution in [1.29, 1.82) is 0 Å². The molecular formula is C18H25N3O5S. The Morgan fingerprint density at radius 2 is 1.96 bits per heavy atom. The van der Waals surface area contributed by atoms with E-state index in [0.717, 1.165) is 12.8 Å². The fourth-order valence-electron chi connectivity index (χ4n) is 3.66. The van der Waals surface area contributed by atoms with Gasteiger partial charge in [0, 0.05) is 45.8 Å². The molecule has 0 aromatic heterocycles. The van der Waals surface area contributed by atoms with Crippen molar-refractivity contribution in [3.8, 4) is 0 Å². The first-order valence-corrected chi connectivity index (χ1v) is 10.5. The Morgan fingerprint density at radius 1 is 1.26 bits per heavy atom. The van der Waals surface area contributed by atoms with Crippen LogP contribution in [0.4, 0.5) is 5.69 Å². The second-order valence-electron chi connectivity index (χ2n) is 6.79. The molecule has 148 valence electrons. The highest BCUT2D eigenvalue weighted by Crippen LogP contribution is 2.35. The lowest BCUT2D eigenvalue weighted by Crippen LogP contribution is -2.48. The summed E-state index contributed by atoms with van der Waals surface area (Å²) in [6.07, 6.45) is 2.02. The molecule has 2 heterocycles. The topological polar surface area (TPSA) is 96.0 Å². The van der Waals surface area contributed by atoms with Gasteiger partial charge in [-0.1, -0.05) is 0 Å². The molecule has 9 heteroatoms. The number of sulfonamides is 1. The minimum Gasteiger partial charge on any atom is -0.383 e. The average molecular weight is 395 g/mol. The molecule has 0 aliphatic carbocycles. The Labute approximate surface area is 159 Å². The Morgan fingerprint density at radius 3 is 2.59 bits per heavy atom. The van der Waals surface area contributed by atoms with Gasteiger partial charge >= 0.3 is 0 Å². The first-order chi connectivity index (χ1) is 12.9. The molecule has 2 aliphatic heterocycles. The van der Waals surface area contributed by atoms with Crippen LogP contribution >= 0.6 is 0 Å². The molecule has 0 unspecified atom stereocenters. The van der Waals surface area contributed by atoms with Crippen molar-refractivity contribution in [2.75, 3.05) is 38.3 Å². The van der Waals surface area contributed by atoms with Gasteiger partial charge in [-0.25, -0.2) is 8.42 Å². The normalized spacial score (nSPS) is 19.9. The second kappa shape index (κ2) is 7.95. The number of fused-ring (bicyclic) bond motifs is 1. The van der Waals surface area contributed by atoms with E-state index in [-0.39, 0.29) is 23.1 Å². The van der Waals surface area contributed by atoms with Gasteiger partial charge in [-0.3, -0.25) is 14.5 Å². The molecule has 27 heavy (non-hydrogen) atoms. The molecule has 1 N–H and O–H groups in total. The summed E-state index contributed by atoms with van der Waals surface area (Å²) in [4.78, 5) is 26.3. The van der Waals surface area contributed by atoms with Gasteiger partial charge < -0.3 is 10.1 Å². The molecule has 3 rings (SSSR count). The van der Waals surface area contributed by atoms with E-state index in [1.165, 1.54) is 22.2 Å². The van der Waals surface area contributed by atoms with Crippen molar-refractivity contribution in [2.24, 2.45) is 0 Å². The van der Waals surface area contributed by atoms with Gasteiger partial charge in [0.2, 0.25) is 21.8 Å². The third kappa shape index (κ3) is 3.85. The zero-order valence-electron chi connectivity index (χ0n) is 15.6. The number of nitrogens with zero attached hydrogens (tertiary/aromatic N) is 2. The summed E-state index contributed by atoms with van der Waals surface area (Å²) in [6, 6.07) is 4.07. The summed E-state index contributed by atoms with van der Waals surface area (Å²) in [5.41, 5.74) is 1.28. The van der Waals surface area contributed by atoms with Crippen molar-refractivity contribution in [3.63, 3.8) is 0 Å². The van der Waals surface area contributed by atoms with Crippen LogP contribution in [-0.2, 0) is 30.8 Å². The number of hydrogen-bond donors (Lipinski definition) is 1. The maximum Gasteiger partial charge on any atom is 0.243 e. The summed E-state index contributed by atoms with van der Waals surface area (Å²) in [7, 11) is -2.00.